The van der Waals surface area contributed by atoms with Crippen molar-refractivity contribution < 1.29 is 9.59 Å². The van der Waals surface area contributed by atoms with Crippen LogP contribution < -0.4 is 10.6 Å². The first-order valence-corrected chi connectivity index (χ1v) is 8.41. The molecule has 2 aromatic heterocycles. The molecule has 3 N–H and O–H groups in total. The molecule has 0 bridgehead atoms. The molecule has 1 saturated carbocycles. The van der Waals surface area contributed by atoms with Crippen molar-refractivity contribution in [2.45, 2.75) is 26.7 Å². The highest BCUT2D eigenvalue weighted by Crippen LogP contribution is 2.37. The smallest absolute Gasteiger partial charge is 0.249 e. The summed E-state index contributed by atoms with van der Waals surface area (Å²) in [4.78, 5) is 29.9. The number of aromatic nitrogens is 3. The fourth-order valence-corrected chi connectivity index (χ4v) is 3.10. The summed E-state index contributed by atoms with van der Waals surface area (Å²) in [5.41, 5.74) is 0. The minimum Gasteiger partial charge on any atom is -0.355 e. The van der Waals surface area contributed by atoms with Gasteiger partial charge in [-0.05, 0) is 31.4 Å². The lowest BCUT2D eigenvalue weighted by atomic mass is 10.3. The highest BCUT2D eigenvalue weighted by molar-refractivity contribution is 7.15. The van der Waals surface area contributed by atoms with Crippen LogP contribution >= 0.6 is 11.3 Å². The molecule has 0 aromatic carbocycles. The number of nitrogens with one attached hydrogen (secondary N) is 3. The molecule has 0 spiro atoms. The number of thiophene rings is 1. The second-order valence-corrected chi connectivity index (χ2v) is 7.11. The first-order chi connectivity index (χ1) is 11.0. The lowest BCUT2D eigenvalue weighted by Gasteiger charge is -2.03. The van der Waals surface area contributed by atoms with E-state index in [1.165, 1.54) is 4.88 Å². The van der Waals surface area contributed by atoms with Crippen LogP contribution in [0.2, 0.25) is 0 Å². The molecule has 2 atom stereocenters. The molecular weight excluding hydrogens is 314 g/mol. The Hall–Kier alpha value is -2.22. The van der Waals surface area contributed by atoms with Crippen molar-refractivity contribution >= 4 is 29.1 Å². The van der Waals surface area contributed by atoms with E-state index in [2.05, 4.69) is 25.8 Å². The van der Waals surface area contributed by atoms with Crippen molar-refractivity contribution in [3.8, 4) is 10.7 Å². The standard InChI is InChI=1S/C15H19N5O2S/c1-8-7-10(8)14(22)16-6-5-12(21)17-15-18-13(19-20-15)11-4-3-9(2)23-11/h3-4,8,10H,5-7H2,1-2H3,(H,16,22)(H2,17,18,19,20,21)/t8-,10-/m0/s1. The summed E-state index contributed by atoms with van der Waals surface area (Å²) >= 11 is 1.60. The summed E-state index contributed by atoms with van der Waals surface area (Å²) < 4.78 is 0. The van der Waals surface area contributed by atoms with Crippen LogP contribution in [0.3, 0.4) is 0 Å². The summed E-state index contributed by atoms with van der Waals surface area (Å²) in [7, 11) is 0. The van der Waals surface area contributed by atoms with E-state index in [1.54, 1.807) is 11.3 Å². The Bertz CT molecular complexity index is 723. The first kappa shape index (κ1) is 15.7. The Morgan fingerprint density at radius 3 is 2.87 bits per heavy atom. The van der Waals surface area contributed by atoms with E-state index in [9.17, 15) is 9.59 Å². The van der Waals surface area contributed by atoms with Crippen LogP contribution in [0.1, 0.15) is 24.6 Å². The van der Waals surface area contributed by atoms with Crippen molar-refractivity contribution in [1.82, 2.24) is 20.5 Å². The van der Waals surface area contributed by atoms with Gasteiger partial charge in [-0.1, -0.05) is 6.92 Å². The van der Waals surface area contributed by atoms with Crippen molar-refractivity contribution in [2.24, 2.45) is 11.8 Å². The highest BCUT2D eigenvalue weighted by atomic mass is 32.1. The second kappa shape index (κ2) is 6.49. The van der Waals surface area contributed by atoms with E-state index in [0.29, 0.717) is 18.3 Å². The van der Waals surface area contributed by atoms with Gasteiger partial charge in [-0.25, -0.2) is 0 Å². The molecule has 0 aliphatic heterocycles. The van der Waals surface area contributed by atoms with Crippen molar-refractivity contribution in [1.29, 1.82) is 0 Å². The van der Waals surface area contributed by atoms with E-state index in [0.717, 1.165) is 11.3 Å². The van der Waals surface area contributed by atoms with Gasteiger partial charge in [-0.15, -0.1) is 16.4 Å². The molecule has 0 unspecified atom stereocenters. The van der Waals surface area contributed by atoms with Gasteiger partial charge in [0.2, 0.25) is 17.8 Å². The van der Waals surface area contributed by atoms with Gasteiger partial charge in [0, 0.05) is 23.8 Å². The summed E-state index contributed by atoms with van der Waals surface area (Å²) in [5.74, 6) is 1.30. The zero-order valence-corrected chi connectivity index (χ0v) is 13.9. The first-order valence-electron chi connectivity index (χ1n) is 7.59. The van der Waals surface area contributed by atoms with Gasteiger partial charge in [0.15, 0.2) is 5.82 Å². The van der Waals surface area contributed by atoms with Crippen molar-refractivity contribution in [2.75, 3.05) is 11.9 Å². The van der Waals surface area contributed by atoms with Gasteiger partial charge >= 0.3 is 0 Å². The maximum atomic E-state index is 11.8. The predicted molar refractivity (Wildman–Crippen MR) is 88.0 cm³/mol. The van der Waals surface area contributed by atoms with Crippen LogP contribution in [0.15, 0.2) is 12.1 Å². The topological polar surface area (TPSA) is 99.8 Å². The maximum absolute atomic E-state index is 11.8. The fourth-order valence-electron chi connectivity index (χ4n) is 2.29. The molecular formula is C15H19N5O2S. The Balaban J connectivity index is 1.45. The fraction of sp³-hybridized carbons (Fsp3) is 0.467. The van der Waals surface area contributed by atoms with Crippen LogP contribution in [0, 0.1) is 18.8 Å². The number of carbonyl (C=O) groups excluding carboxylic acids is 2. The van der Waals surface area contributed by atoms with E-state index < -0.39 is 0 Å². The normalized spacial score (nSPS) is 19.4. The zero-order chi connectivity index (χ0) is 16.4. The van der Waals surface area contributed by atoms with Crippen LogP contribution in [0.25, 0.3) is 10.7 Å². The van der Waals surface area contributed by atoms with E-state index in [-0.39, 0.29) is 30.1 Å². The summed E-state index contributed by atoms with van der Waals surface area (Å²) in [6.07, 6.45) is 1.15. The molecule has 2 amide bonds. The van der Waals surface area contributed by atoms with Crippen LogP contribution in [0.5, 0.6) is 0 Å². The van der Waals surface area contributed by atoms with Crippen LogP contribution in [-0.2, 0) is 9.59 Å². The third-order valence-corrected chi connectivity index (χ3v) is 4.82. The van der Waals surface area contributed by atoms with Crippen LogP contribution in [-0.4, -0.2) is 33.5 Å². The van der Waals surface area contributed by atoms with E-state index in [4.69, 9.17) is 0 Å². The molecule has 1 aliphatic rings. The molecule has 8 heteroatoms. The van der Waals surface area contributed by atoms with Gasteiger partial charge in [0.1, 0.15) is 0 Å². The SMILES string of the molecule is Cc1ccc(-c2nc(NC(=O)CCNC(=O)[C@H]3C[C@@H]3C)n[nH]2)s1. The second-order valence-electron chi connectivity index (χ2n) is 5.83. The number of hydrogen-bond donors (Lipinski definition) is 3. The number of hydrogen-bond acceptors (Lipinski definition) is 5. The molecule has 0 saturated heterocycles. The minimum absolute atomic E-state index is 0.0403. The lowest BCUT2D eigenvalue weighted by Crippen LogP contribution is -2.29. The molecule has 0 radical (unpaired) electrons. The quantitative estimate of drug-likeness (QED) is 0.752. The Kier molecular flexibility index (Phi) is 4.42. The summed E-state index contributed by atoms with van der Waals surface area (Å²) in [6, 6.07) is 3.96. The van der Waals surface area contributed by atoms with Crippen LogP contribution in [0.4, 0.5) is 5.95 Å². The van der Waals surface area contributed by atoms with Gasteiger partial charge < -0.3 is 5.32 Å². The zero-order valence-electron chi connectivity index (χ0n) is 13.0. The Morgan fingerprint density at radius 1 is 1.43 bits per heavy atom. The van der Waals surface area contributed by atoms with Crippen molar-refractivity contribution in [3.63, 3.8) is 0 Å². The monoisotopic (exact) mass is 333 g/mol. The maximum Gasteiger partial charge on any atom is 0.249 e. The number of H-pyrrole nitrogens is 1. The average Bonchev–Trinajstić information content (AvgIpc) is 2.88. The van der Waals surface area contributed by atoms with Crippen molar-refractivity contribution in [3.05, 3.63) is 17.0 Å². The summed E-state index contributed by atoms with van der Waals surface area (Å²) in [5, 5.41) is 12.2. The van der Waals surface area contributed by atoms with Gasteiger partial charge in [-0.2, -0.15) is 4.98 Å². The minimum atomic E-state index is -0.220. The third-order valence-electron chi connectivity index (χ3n) is 3.81. The molecule has 2 aromatic rings. The van der Waals surface area contributed by atoms with Gasteiger partial charge in [0.05, 0.1) is 4.88 Å². The molecule has 122 valence electrons. The average molecular weight is 333 g/mol. The Morgan fingerprint density at radius 2 is 2.22 bits per heavy atom. The largest absolute Gasteiger partial charge is 0.355 e. The molecule has 2 heterocycles. The van der Waals surface area contributed by atoms with E-state index in [1.807, 2.05) is 26.0 Å². The Labute approximate surface area is 137 Å². The number of amides is 2. The number of anilines is 1. The van der Waals surface area contributed by atoms with Gasteiger partial charge in [-0.3, -0.25) is 20.0 Å². The number of aromatic amines is 1. The molecule has 7 nitrogen and oxygen atoms in total. The molecule has 23 heavy (non-hydrogen) atoms. The molecule has 3 rings (SSSR count). The predicted octanol–water partition coefficient (Wildman–Crippen LogP) is 1.94. The highest BCUT2D eigenvalue weighted by Gasteiger charge is 2.38. The summed E-state index contributed by atoms with van der Waals surface area (Å²) in [6.45, 7) is 4.39. The lowest BCUT2D eigenvalue weighted by molar-refractivity contribution is -0.122. The number of nitrogens with zero attached hydrogens (tertiary/aromatic N) is 2. The molecule has 1 aliphatic carbocycles. The number of carbonyl (C=O) groups is 2. The number of rotatable bonds is 6. The number of aryl methyl sites for hydroxylation is 1. The third kappa shape index (κ3) is 3.95. The van der Waals surface area contributed by atoms with Gasteiger partial charge in [0.25, 0.3) is 0 Å². The van der Waals surface area contributed by atoms with E-state index >= 15 is 0 Å². The molecule has 1 fully saturated rings.